The van der Waals surface area contributed by atoms with Crippen molar-refractivity contribution >= 4 is 35.8 Å². The number of aryl methyl sites for hydroxylation is 1. The first-order chi connectivity index (χ1) is 14.0. The van der Waals surface area contributed by atoms with Crippen LogP contribution in [0.15, 0.2) is 39.7 Å². The van der Waals surface area contributed by atoms with Crippen molar-refractivity contribution in [1.29, 1.82) is 0 Å². The van der Waals surface area contributed by atoms with Crippen molar-refractivity contribution in [2.24, 2.45) is 10.7 Å². The molecule has 0 atom stereocenters. The fourth-order valence-corrected chi connectivity index (χ4v) is 2.83. The molecule has 1 heterocycles. The Morgan fingerprint density at radius 3 is 2.57 bits per heavy atom. The Morgan fingerprint density at radius 1 is 1.13 bits per heavy atom. The van der Waals surface area contributed by atoms with E-state index in [1.807, 2.05) is 0 Å². The smallest absolute Gasteiger partial charge is 0.284 e. The van der Waals surface area contributed by atoms with Gasteiger partial charge in [0.2, 0.25) is 0 Å². The van der Waals surface area contributed by atoms with Gasteiger partial charge < -0.3 is 25.5 Å². The molecule has 166 valence electrons. The van der Waals surface area contributed by atoms with Gasteiger partial charge in [-0.3, -0.25) is 9.79 Å². The second kappa shape index (κ2) is 13.9. The molecule has 1 aromatic carbocycles. The summed E-state index contributed by atoms with van der Waals surface area (Å²) in [5.41, 5.74) is 7.45. The zero-order chi connectivity index (χ0) is 21.1. The number of carbonyl (C=O) groups excluding carboxylic acids is 1. The summed E-state index contributed by atoms with van der Waals surface area (Å²) in [6.07, 6.45) is 4.71. The lowest BCUT2D eigenvalue weighted by Crippen LogP contribution is -2.36. The third kappa shape index (κ3) is 8.64. The van der Waals surface area contributed by atoms with Gasteiger partial charge in [-0.2, -0.15) is 0 Å². The standard InChI is InChI=1S/C22H32N4O3.HI/c1-4-5-6-7-12-28-20-13-16(2)8-9-17(20)14-25-22(24-3)26-15-18-10-11-19(29-18)21(23)27;/h8-11,13H,4-7,12,14-15H2,1-3H3,(H2,23,27)(H2,24,25,26);1H. The summed E-state index contributed by atoms with van der Waals surface area (Å²) in [4.78, 5) is 15.3. The highest BCUT2D eigenvalue weighted by Crippen LogP contribution is 2.21. The SMILES string of the molecule is CCCCCCOc1cc(C)ccc1CNC(=NC)NCc1ccc(C(N)=O)o1.I. The molecule has 1 aromatic heterocycles. The highest BCUT2D eigenvalue weighted by molar-refractivity contribution is 14.0. The number of nitrogens with zero attached hydrogens (tertiary/aromatic N) is 1. The van der Waals surface area contributed by atoms with Crippen molar-refractivity contribution in [3.8, 4) is 5.75 Å². The van der Waals surface area contributed by atoms with Gasteiger partial charge in [0.1, 0.15) is 11.5 Å². The van der Waals surface area contributed by atoms with E-state index in [-0.39, 0.29) is 29.7 Å². The van der Waals surface area contributed by atoms with E-state index in [1.165, 1.54) is 24.8 Å². The number of rotatable bonds is 11. The first-order valence-electron chi connectivity index (χ1n) is 10.1. The minimum Gasteiger partial charge on any atom is -0.493 e. The molecule has 2 rings (SSSR count). The summed E-state index contributed by atoms with van der Waals surface area (Å²) in [6.45, 7) is 5.96. The van der Waals surface area contributed by atoms with Gasteiger partial charge in [0.25, 0.3) is 5.91 Å². The third-order valence-corrected chi connectivity index (χ3v) is 4.48. The number of ether oxygens (including phenoxy) is 1. The Labute approximate surface area is 195 Å². The normalized spacial score (nSPS) is 11.0. The zero-order valence-electron chi connectivity index (χ0n) is 18.0. The number of furan rings is 1. The molecule has 0 radical (unpaired) electrons. The number of guanidine groups is 1. The number of unbranched alkanes of at least 4 members (excludes halogenated alkanes) is 3. The minimum atomic E-state index is -0.583. The second-order valence-electron chi connectivity index (χ2n) is 6.93. The summed E-state index contributed by atoms with van der Waals surface area (Å²) >= 11 is 0. The largest absolute Gasteiger partial charge is 0.493 e. The summed E-state index contributed by atoms with van der Waals surface area (Å²) in [7, 11) is 1.70. The minimum absolute atomic E-state index is 0. The van der Waals surface area contributed by atoms with Crippen molar-refractivity contribution in [3.05, 3.63) is 53.0 Å². The van der Waals surface area contributed by atoms with Crippen molar-refractivity contribution in [2.45, 2.75) is 52.6 Å². The predicted molar refractivity (Wildman–Crippen MR) is 130 cm³/mol. The van der Waals surface area contributed by atoms with E-state index in [0.717, 1.165) is 24.3 Å². The van der Waals surface area contributed by atoms with Crippen LogP contribution in [0.2, 0.25) is 0 Å². The average Bonchev–Trinajstić information content (AvgIpc) is 3.18. The summed E-state index contributed by atoms with van der Waals surface area (Å²) < 4.78 is 11.4. The number of aliphatic imine (C=N–C) groups is 1. The highest BCUT2D eigenvalue weighted by Gasteiger charge is 2.09. The van der Waals surface area contributed by atoms with Crippen molar-refractivity contribution in [1.82, 2.24) is 10.6 Å². The van der Waals surface area contributed by atoms with Gasteiger partial charge >= 0.3 is 0 Å². The first-order valence-corrected chi connectivity index (χ1v) is 10.1. The van der Waals surface area contributed by atoms with Gasteiger partial charge in [0, 0.05) is 19.2 Å². The van der Waals surface area contributed by atoms with Crippen molar-refractivity contribution in [2.75, 3.05) is 13.7 Å². The molecular formula is C22H33IN4O3. The van der Waals surface area contributed by atoms with Crippen LogP contribution in [0, 0.1) is 6.92 Å². The van der Waals surface area contributed by atoms with Crippen LogP contribution >= 0.6 is 24.0 Å². The number of primary amides is 1. The maximum atomic E-state index is 11.1. The first kappa shape index (κ1) is 25.8. The number of nitrogens with one attached hydrogen (secondary N) is 2. The van der Waals surface area contributed by atoms with Gasteiger partial charge in [-0.25, -0.2) is 0 Å². The fraction of sp³-hybridized carbons (Fsp3) is 0.455. The number of amides is 1. The quantitative estimate of drug-likeness (QED) is 0.176. The van der Waals surface area contributed by atoms with Gasteiger partial charge in [-0.05, 0) is 37.1 Å². The van der Waals surface area contributed by atoms with Crippen LogP contribution in [-0.2, 0) is 13.1 Å². The Bertz CT molecular complexity index is 820. The molecule has 0 spiro atoms. The van der Waals surface area contributed by atoms with E-state index in [1.54, 1.807) is 19.2 Å². The van der Waals surface area contributed by atoms with Crippen LogP contribution in [-0.4, -0.2) is 25.5 Å². The van der Waals surface area contributed by atoms with Crippen molar-refractivity contribution < 1.29 is 13.9 Å². The molecule has 8 heteroatoms. The van der Waals surface area contributed by atoms with E-state index in [2.05, 4.69) is 47.7 Å². The summed E-state index contributed by atoms with van der Waals surface area (Å²) in [5.74, 6) is 1.69. The second-order valence-corrected chi connectivity index (χ2v) is 6.93. The number of hydrogen-bond donors (Lipinski definition) is 3. The zero-order valence-corrected chi connectivity index (χ0v) is 20.3. The lowest BCUT2D eigenvalue weighted by molar-refractivity contribution is 0.0972. The van der Waals surface area contributed by atoms with Gasteiger partial charge in [0.05, 0.1) is 13.2 Å². The molecule has 1 amide bonds. The van der Waals surface area contributed by atoms with Crippen LogP contribution in [0.5, 0.6) is 5.75 Å². The van der Waals surface area contributed by atoms with E-state index >= 15 is 0 Å². The lowest BCUT2D eigenvalue weighted by atomic mass is 10.1. The van der Waals surface area contributed by atoms with Crippen molar-refractivity contribution in [3.63, 3.8) is 0 Å². The maximum Gasteiger partial charge on any atom is 0.284 e. The number of benzene rings is 1. The molecule has 30 heavy (non-hydrogen) atoms. The third-order valence-electron chi connectivity index (χ3n) is 4.48. The fourth-order valence-electron chi connectivity index (χ4n) is 2.83. The Kier molecular flexibility index (Phi) is 12.0. The number of nitrogens with two attached hydrogens (primary N) is 1. The van der Waals surface area contributed by atoms with Crippen LogP contribution in [0.4, 0.5) is 0 Å². The molecule has 0 unspecified atom stereocenters. The molecular weight excluding hydrogens is 495 g/mol. The number of hydrogen-bond acceptors (Lipinski definition) is 4. The molecule has 0 fully saturated rings. The molecule has 0 saturated carbocycles. The van der Waals surface area contributed by atoms with Crippen LogP contribution in [0.25, 0.3) is 0 Å². The maximum absolute atomic E-state index is 11.1. The van der Waals surface area contributed by atoms with Gasteiger partial charge in [0.15, 0.2) is 11.7 Å². The van der Waals surface area contributed by atoms with E-state index < -0.39 is 5.91 Å². The summed E-state index contributed by atoms with van der Waals surface area (Å²) in [6, 6.07) is 9.49. The Balaban J connectivity index is 0.00000450. The molecule has 4 N–H and O–H groups in total. The molecule has 0 aliphatic rings. The Morgan fingerprint density at radius 2 is 1.90 bits per heavy atom. The predicted octanol–water partition coefficient (Wildman–Crippen LogP) is 4.13. The monoisotopic (exact) mass is 528 g/mol. The van der Waals surface area contributed by atoms with Crippen LogP contribution in [0.3, 0.4) is 0 Å². The van der Waals surface area contributed by atoms with Gasteiger partial charge in [-0.1, -0.05) is 38.3 Å². The van der Waals surface area contributed by atoms with E-state index in [4.69, 9.17) is 14.9 Å². The van der Waals surface area contributed by atoms with Crippen LogP contribution in [0.1, 0.15) is 60.0 Å². The molecule has 0 aliphatic heterocycles. The van der Waals surface area contributed by atoms with Crippen LogP contribution < -0.4 is 21.1 Å². The molecule has 0 bridgehead atoms. The topological polar surface area (TPSA) is 102 Å². The molecule has 0 saturated heterocycles. The van der Waals surface area contributed by atoms with Gasteiger partial charge in [-0.15, -0.1) is 24.0 Å². The molecule has 0 aliphatic carbocycles. The number of carbonyl (C=O) groups is 1. The number of halogens is 1. The summed E-state index contributed by atoms with van der Waals surface area (Å²) in [5, 5.41) is 6.44. The Hall–Kier alpha value is -2.23. The molecule has 2 aromatic rings. The van der Waals surface area contributed by atoms with E-state index in [0.29, 0.717) is 24.8 Å². The molecule has 7 nitrogen and oxygen atoms in total. The highest BCUT2D eigenvalue weighted by atomic mass is 127. The van der Waals surface area contributed by atoms with E-state index in [9.17, 15) is 4.79 Å². The lowest BCUT2D eigenvalue weighted by Gasteiger charge is -2.15. The average molecular weight is 528 g/mol.